The van der Waals surface area contributed by atoms with Crippen LogP contribution in [0.4, 0.5) is 0 Å². The number of hydrogen-bond donors (Lipinski definition) is 2. The lowest BCUT2D eigenvalue weighted by molar-refractivity contribution is 0.176. The fraction of sp³-hybridized carbons (Fsp3) is 0.308. The molecule has 0 spiro atoms. The highest BCUT2D eigenvalue weighted by atomic mass is 16.3. The molecule has 2 heteroatoms. The second-order valence-electron chi connectivity index (χ2n) is 3.34. The molecule has 1 unspecified atom stereocenters. The Bertz CT molecular complexity index is 387. The van der Waals surface area contributed by atoms with E-state index in [2.05, 4.69) is 11.8 Å². The minimum atomic E-state index is -0.330. The van der Waals surface area contributed by atoms with Crippen LogP contribution >= 0.6 is 0 Å². The Labute approximate surface area is 90.5 Å². The zero-order valence-corrected chi connectivity index (χ0v) is 8.83. The normalized spacial score (nSPS) is 11.3. The quantitative estimate of drug-likeness (QED) is 0.571. The maximum atomic E-state index is 9.30. The molecular weight excluding hydrogens is 186 g/mol. The van der Waals surface area contributed by atoms with Crippen LogP contribution in [-0.4, -0.2) is 17.4 Å². The highest BCUT2D eigenvalue weighted by Gasteiger charge is 1.95. The second-order valence-corrected chi connectivity index (χ2v) is 3.34. The molecule has 0 aliphatic carbocycles. The molecule has 15 heavy (non-hydrogen) atoms. The van der Waals surface area contributed by atoms with Crippen molar-refractivity contribution in [3.05, 3.63) is 35.4 Å². The Kier molecular flexibility index (Phi) is 4.59. The van der Waals surface area contributed by atoms with Crippen molar-refractivity contribution < 1.29 is 5.11 Å². The lowest BCUT2D eigenvalue weighted by Gasteiger charge is -1.99. The molecule has 0 aliphatic rings. The van der Waals surface area contributed by atoms with Gasteiger partial charge in [-0.15, -0.1) is 0 Å². The van der Waals surface area contributed by atoms with Gasteiger partial charge in [0, 0.05) is 18.2 Å². The topological polar surface area (TPSA) is 44.1 Å². The van der Waals surface area contributed by atoms with Crippen molar-refractivity contribution in [3.8, 4) is 11.8 Å². The van der Waals surface area contributed by atoms with Gasteiger partial charge in [-0.3, -0.25) is 0 Å². The van der Waals surface area contributed by atoms with Gasteiger partial charge in [0.2, 0.25) is 0 Å². The number of nitrogens with one attached hydrogen (secondary N) is 1. The molecular formula is C13H15NO. The Morgan fingerprint density at radius 2 is 2.33 bits per heavy atom. The minimum Gasteiger partial charge on any atom is -0.392 e. The molecule has 0 heterocycles. The first-order valence-electron chi connectivity index (χ1n) is 5.03. The van der Waals surface area contributed by atoms with Gasteiger partial charge in [-0.05, 0) is 24.1 Å². The van der Waals surface area contributed by atoms with Gasteiger partial charge < -0.3 is 10.5 Å². The van der Waals surface area contributed by atoms with Gasteiger partial charge >= 0.3 is 0 Å². The van der Waals surface area contributed by atoms with Gasteiger partial charge in [0.15, 0.2) is 0 Å². The average molecular weight is 201 g/mol. The van der Waals surface area contributed by atoms with Gasteiger partial charge in [0.05, 0.1) is 6.10 Å². The molecule has 1 aromatic carbocycles. The monoisotopic (exact) mass is 201 g/mol. The molecule has 0 radical (unpaired) electrons. The van der Waals surface area contributed by atoms with Crippen molar-refractivity contribution in [1.82, 2.24) is 0 Å². The smallest absolute Gasteiger partial charge is 0.0646 e. The standard InChI is InChI=1S/C13H15NO/c1-2-13(15)8-4-6-11-5-3-7-12(9-11)10-14/h3,5,7,9-10,13-15H,2,8H2,1H3. The fourth-order valence-corrected chi connectivity index (χ4v) is 1.12. The summed E-state index contributed by atoms with van der Waals surface area (Å²) < 4.78 is 0. The van der Waals surface area contributed by atoms with Crippen LogP contribution in [0.25, 0.3) is 0 Å². The van der Waals surface area contributed by atoms with Crippen molar-refractivity contribution in [2.45, 2.75) is 25.9 Å². The zero-order valence-electron chi connectivity index (χ0n) is 8.83. The number of benzene rings is 1. The molecule has 1 rings (SSSR count). The van der Waals surface area contributed by atoms with E-state index in [4.69, 9.17) is 5.41 Å². The van der Waals surface area contributed by atoms with Gasteiger partial charge in [0.25, 0.3) is 0 Å². The van der Waals surface area contributed by atoms with Crippen LogP contribution in [0.1, 0.15) is 30.9 Å². The molecule has 0 fully saturated rings. The lowest BCUT2D eigenvalue weighted by Crippen LogP contribution is -2.01. The van der Waals surface area contributed by atoms with E-state index in [1.807, 2.05) is 31.2 Å². The third kappa shape index (κ3) is 3.97. The van der Waals surface area contributed by atoms with Crippen molar-refractivity contribution in [2.24, 2.45) is 0 Å². The summed E-state index contributed by atoms with van der Waals surface area (Å²) in [7, 11) is 0. The molecule has 0 aliphatic heterocycles. The first-order valence-corrected chi connectivity index (χ1v) is 5.03. The molecule has 78 valence electrons. The van der Waals surface area contributed by atoms with Crippen LogP contribution in [0.5, 0.6) is 0 Å². The summed E-state index contributed by atoms with van der Waals surface area (Å²) in [6.45, 7) is 1.93. The van der Waals surface area contributed by atoms with Crippen molar-refractivity contribution in [1.29, 1.82) is 5.41 Å². The molecule has 1 atom stereocenters. The third-order valence-corrected chi connectivity index (χ3v) is 2.09. The van der Waals surface area contributed by atoms with E-state index in [1.165, 1.54) is 6.21 Å². The van der Waals surface area contributed by atoms with Crippen LogP contribution in [0.15, 0.2) is 24.3 Å². The SMILES string of the molecule is CCC(O)CC#Cc1cccc(C=N)c1. The van der Waals surface area contributed by atoms with Gasteiger partial charge in [-0.25, -0.2) is 0 Å². The maximum absolute atomic E-state index is 9.30. The van der Waals surface area contributed by atoms with E-state index in [0.29, 0.717) is 6.42 Å². The van der Waals surface area contributed by atoms with E-state index in [0.717, 1.165) is 17.5 Å². The van der Waals surface area contributed by atoms with Crippen molar-refractivity contribution >= 4 is 6.21 Å². The number of rotatable bonds is 3. The largest absolute Gasteiger partial charge is 0.392 e. The molecule has 2 nitrogen and oxygen atoms in total. The summed E-state index contributed by atoms with van der Waals surface area (Å²) in [6.07, 6.45) is 2.20. The molecule has 0 amide bonds. The second kappa shape index (κ2) is 6.00. The van der Waals surface area contributed by atoms with Crippen LogP contribution in [-0.2, 0) is 0 Å². The maximum Gasteiger partial charge on any atom is 0.0646 e. The highest BCUT2D eigenvalue weighted by Crippen LogP contribution is 2.02. The van der Waals surface area contributed by atoms with Crippen molar-refractivity contribution in [3.63, 3.8) is 0 Å². The number of aliphatic hydroxyl groups excluding tert-OH is 1. The van der Waals surface area contributed by atoms with E-state index >= 15 is 0 Å². The predicted molar refractivity (Wildman–Crippen MR) is 62.1 cm³/mol. The number of aliphatic hydroxyl groups is 1. The molecule has 0 saturated carbocycles. The summed E-state index contributed by atoms with van der Waals surface area (Å²) in [5.41, 5.74) is 1.73. The highest BCUT2D eigenvalue weighted by molar-refractivity contribution is 5.77. The first kappa shape index (κ1) is 11.5. The minimum absolute atomic E-state index is 0.330. The third-order valence-electron chi connectivity index (χ3n) is 2.09. The molecule has 0 bridgehead atoms. The number of hydrogen-bond acceptors (Lipinski definition) is 2. The molecule has 2 N–H and O–H groups in total. The summed E-state index contributed by atoms with van der Waals surface area (Å²) >= 11 is 0. The first-order chi connectivity index (χ1) is 7.26. The Morgan fingerprint density at radius 1 is 1.53 bits per heavy atom. The van der Waals surface area contributed by atoms with Crippen LogP contribution in [0.3, 0.4) is 0 Å². The predicted octanol–water partition coefficient (Wildman–Crippen LogP) is 2.20. The van der Waals surface area contributed by atoms with Gasteiger partial charge in [-0.2, -0.15) is 0 Å². The fourth-order valence-electron chi connectivity index (χ4n) is 1.12. The summed E-state index contributed by atoms with van der Waals surface area (Å²) in [6, 6.07) is 7.50. The summed E-state index contributed by atoms with van der Waals surface area (Å²) in [4.78, 5) is 0. The molecule has 1 aromatic rings. The summed E-state index contributed by atoms with van der Waals surface area (Å²) in [5, 5.41) is 16.4. The van der Waals surface area contributed by atoms with Crippen LogP contribution in [0.2, 0.25) is 0 Å². The van der Waals surface area contributed by atoms with Crippen LogP contribution < -0.4 is 0 Å². The van der Waals surface area contributed by atoms with E-state index in [-0.39, 0.29) is 6.10 Å². The van der Waals surface area contributed by atoms with Crippen molar-refractivity contribution in [2.75, 3.05) is 0 Å². The molecule has 0 aromatic heterocycles. The average Bonchev–Trinajstić information content (AvgIpc) is 2.29. The van der Waals surface area contributed by atoms with Gasteiger partial charge in [-0.1, -0.05) is 30.9 Å². The zero-order chi connectivity index (χ0) is 11.1. The van der Waals surface area contributed by atoms with Gasteiger partial charge in [0.1, 0.15) is 0 Å². The Hall–Kier alpha value is -1.59. The summed E-state index contributed by atoms with van der Waals surface area (Å²) in [5.74, 6) is 5.90. The van der Waals surface area contributed by atoms with E-state index in [9.17, 15) is 5.11 Å². The lowest BCUT2D eigenvalue weighted by atomic mass is 10.1. The van der Waals surface area contributed by atoms with E-state index in [1.54, 1.807) is 0 Å². The Morgan fingerprint density at radius 3 is 3.00 bits per heavy atom. The Balaban J connectivity index is 2.67. The van der Waals surface area contributed by atoms with E-state index < -0.39 is 0 Å². The van der Waals surface area contributed by atoms with Crippen LogP contribution in [0, 0.1) is 17.3 Å². The molecule has 0 saturated heterocycles.